The van der Waals surface area contributed by atoms with Gasteiger partial charge in [-0.1, -0.05) is 24.0 Å². The molecule has 2 rings (SSSR count). The predicted molar refractivity (Wildman–Crippen MR) is 79.3 cm³/mol. The van der Waals surface area contributed by atoms with Gasteiger partial charge < -0.3 is 9.64 Å². The largest absolute Gasteiger partial charge is 0.378 e. The van der Waals surface area contributed by atoms with Crippen LogP contribution in [0.1, 0.15) is 10.4 Å². The van der Waals surface area contributed by atoms with E-state index in [4.69, 9.17) is 17.0 Å². The fourth-order valence-electron chi connectivity index (χ4n) is 1.74. The summed E-state index contributed by atoms with van der Waals surface area (Å²) in [4.78, 5) is 23.8. The Kier molecular flexibility index (Phi) is 5.05. The molecule has 8 heteroatoms. The van der Waals surface area contributed by atoms with Crippen LogP contribution < -0.4 is 0 Å². The van der Waals surface area contributed by atoms with Crippen molar-refractivity contribution in [1.82, 2.24) is 4.90 Å². The molecule has 0 saturated carbocycles. The third-order valence-corrected chi connectivity index (χ3v) is 4.33. The van der Waals surface area contributed by atoms with Crippen molar-refractivity contribution in [1.29, 1.82) is 0 Å². The zero-order valence-electron chi connectivity index (χ0n) is 10.5. The molecule has 0 N–H and O–H groups in total. The number of hydrogen-bond donors (Lipinski definition) is 0. The number of morpholine rings is 1. The molecule has 1 aromatic rings. The molecule has 0 bridgehead atoms. The van der Waals surface area contributed by atoms with Crippen molar-refractivity contribution in [3.8, 4) is 0 Å². The summed E-state index contributed by atoms with van der Waals surface area (Å²) >= 11 is 6.60. The van der Waals surface area contributed by atoms with Crippen LogP contribution in [0.25, 0.3) is 0 Å². The van der Waals surface area contributed by atoms with E-state index in [0.29, 0.717) is 28.7 Å². The second-order valence-corrected chi connectivity index (χ2v) is 5.74. The van der Waals surface area contributed by atoms with Crippen LogP contribution in [0.15, 0.2) is 23.1 Å². The standard InChI is InChI=1S/C12H12N2O4S2/c15-8-9-7-10(14(16)17)1-2-11(9)20-12(19)13-3-5-18-6-4-13/h1-2,7-8H,3-6H2. The van der Waals surface area contributed by atoms with E-state index in [1.807, 2.05) is 4.90 Å². The molecular weight excluding hydrogens is 300 g/mol. The summed E-state index contributed by atoms with van der Waals surface area (Å²) in [5.74, 6) is 0. The number of carbonyl (C=O) groups is 1. The van der Waals surface area contributed by atoms with Gasteiger partial charge in [-0.05, 0) is 6.07 Å². The zero-order valence-corrected chi connectivity index (χ0v) is 12.1. The van der Waals surface area contributed by atoms with Gasteiger partial charge >= 0.3 is 0 Å². The number of non-ortho nitro benzene ring substituents is 1. The van der Waals surface area contributed by atoms with E-state index in [9.17, 15) is 14.9 Å². The number of carbonyl (C=O) groups excluding carboxylic acids is 1. The van der Waals surface area contributed by atoms with Gasteiger partial charge in [-0.3, -0.25) is 14.9 Å². The van der Waals surface area contributed by atoms with Gasteiger partial charge in [-0.25, -0.2) is 0 Å². The number of rotatable bonds is 3. The molecule has 1 aromatic carbocycles. The first-order chi connectivity index (χ1) is 9.61. The third-order valence-electron chi connectivity index (χ3n) is 2.80. The summed E-state index contributed by atoms with van der Waals surface area (Å²) in [5, 5.41) is 10.7. The van der Waals surface area contributed by atoms with Crippen molar-refractivity contribution in [3.63, 3.8) is 0 Å². The lowest BCUT2D eigenvalue weighted by atomic mass is 10.2. The highest BCUT2D eigenvalue weighted by atomic mass is 32.2. The maximum atomic E-state index is 11.0. The minimum Gasteiger partial charge on any atom is -0.378 e. The van der Waals surface area contributed by atoms with E-state index in [0.717, 1.165) is 13.1 Å². The quantitative estimate of drug-likeness (QED) is 0.278. The Balaban J connectivity index is 2.13. The molecular formula is C12H12N2O4S2. The number of aldehydes is 1. The van der Waals surface area contributed by atoms with Crippen molar-refractivity contribution >= 4 is 40.3 Å². The molecule has 6 nitrogen and oxygen atoms in total. The maximum Gasteiger partial charge on any atom is 0.270 e. The number of benzene rings is 1. The summed E-state index contributed by atoms with van der Waals surface area (Å²) in [6.07, 6.45) is 0.608. The van der Waals surface area contributed by atoms with Gasteiger partial charge in [0, 0.05) is 35.7 Å². The molecule has 0 amide bonds. The topological polar surface area (TPSA) is 72.7 Å². The number of thiocarbonyl (C=S) groups is 1. The van der Waals surface area contributed by atoms with Crippen LogP contribution in [0.2, 0.25) is 0 Å². The van der Waals surface area contributed by atoms with Gasteiger partial charge in [0.05, 0.1) is 18.1 Å². The minimum absolute atomic E-state index is 0.103. The summed E-state index contributed by atoms with van der Waals surface area (Å²) in [5.41, 5.74) is 0.175. The Morgan fingerprint density at radius 1 is 1.45 bits per heavy atom. The number of ether oxygens (including phenoxy) is 1. The first-order valence-corrected chi connectivity index (χ1v) is 7.12. The molecule has 0 aromatic heterocycles. The highest BCUT2D eigenvalue weighted by Crippen LogP contribution is 2.28. The van der Waals surface area contributed by atoms with E-state index in [1.54, 1.807) is 6.07 Å². The number of hydrogen-bond acceptors (Lipinski definition) is 6. The lowest BCUT2D eigenvalue weighted by Crippen LogP contribution is -2.38. The fraction of sp³-hybridized carbons (Fsp3) is 0.333. The van der Waals surface area contributed by atoms with Gasteiger partial charge in [-0.2, -0.15) is 0 Å². The highest BCUT2D eigenvalue weighted by Gasteiger charge is 2.17. The summed E-state index contributed by atoms with van der Waals surface area (Å²) < 4.78 is 5.89. The first-order valence-electron chi connectivity index (χ1n) is 5.90. The fourth-order valence-corrected chi connectivity index (χ4v) is 3.05. The van der Waals surface area contributed by atoms with Crippen molar-refractivity contribution in [2.24, 2.45) is 0 Å². The molecule has 0 unspecified atom stereocenters. The van der Waals surface area contributed by atoms with Crippen LogP contribution in [0.5, 0.6) is 0 Å². The first kappa shape index (κ1) is 14.9. The van der Waals surface area contributed by atoms with Crippen LogP contribution in [-0.4, -0.2) is 46.7 Å². The average Bonchev–Trinajstić information content (AvgIpc) is 2.48. The Morgan fingerprint density at radius 3 is 2.75 bits per heavy atom. The molecule has 1 aliphatic rings. The number of nitro groups is 1. The number of thioether (sulfide) groups is 1. The van der Waals surface area contributed by atoms with Crippen LogP contribution in [0.3, 0.4) is 0 Å². The molecule has 106 valence electrons. The van der Waals surface area contributed by atoms with Crippen molar-refractivity contribution < 1.29 is 14.5 Å². The Hall–Kier alpha value is -1.51. The van der Waals surface area contributed by atoms with Gasteiger partial charge in [-0.15, -0.1) is 0 Å². The highest BCUT2D eigenvalue weighted by molar-refractivity contribution is 8.23. The van der Waals surface area contributed by atoms with Crippen LogP contribution in [0, 0.1) is 10.1 Å². The monoisotopic (exact) mass is 312 g/mol. The lowest BCUT2D eigenvalue weighted by molar-refractivity contribution is -0.384. The number of nitro benzene ring substituents is 1. The molecule has 1 heterocycles. The lowest BCUT2D eigenvalue weighted by Gasteiger charge is -2.28. The Bertz CT molecular complexity index is 544. The molecule has 20 heavy (non-hydrogen) atoms. The molecule has 0 atom stereocenters. The summed E-state index contributed by atoms with van der Waals surface area (Å²) in [7, 11) is 0. The van der Waals surface area contributed by atoms with E-state index in [1.165, 1.54) is 23.9 Å². The third kappa shape index (κ3) is 3.53. The average molecular weight is 312 g/mol. The van der Waals surface area contributed by atoms with E-state index >= 15 is 0 Å². The van der Waals surface area contributed by atoms with Gasteiger partial charge in [0.1, 0.15) is 4.32 Å². The molecule has 1 fully saturated rings. The molecule has 1 saturated heterocycles. The van der Waals surface area contributed by atoms with Crippen LogP contribution in [-0.2, 0) is 4.74 Å². The molecule has 1 aliphatic heterocycles. The van der Waals surface area contributed by atoms with Gasteiger partial charge in [0.25, 0.3) is 5.69 Å². The minimum atomic E-state index is -0.526. The second-order valence-electron chi connectivity index (χ2n) is 4.06. The van der Waals surface area contributed by atoms with E-state index in [-0.39, 0.29) is 11.3 Å². The van der Waals surface area contributed by atoms with Crippen molar-refractivity contribution in [3.05, 3.63) is 33.9 Å². The van der Waals surface area contributed by atoms with Crippen LogP contribution in [0.4, 0.5) is 5.69 Å². The van der Waals surface area contributed by atoms with Gasteiger partial charge in [0.2, 0.25) is 0 Å². The number of nitrogens with zero attached hydrogens (tertiary/aromatic N) is 2. The predicted octanol–water partition coefficient (Wildman–Crippen LogP) is 2.12. The summed E-state index contributed by atoms with van der Waals surface area (Å²) in [6, 6.07) is 4.19. The van der Waals surface area contributed by atoms with Crippen molar-refractivity contribution in [2.45, 2.75) is 4.90 Å². The molecule has 0 spiro atoms. The Labute approximate surface area is 125 Å². The maximum absolute atomic E-state index is 11.0. The second kappa shape index (κ2) is 6.78. The smallest absolute Gasteiger partial charge is 0.270 e. The normalized spacial score (nSPS) is 14.9. The zero-order chi connectivity index (χ0) is 14.5. The van der Waals surface area contributed by atoms with Crippen LogP contribution >= 0.6 is 24.0 Å². The summed E-state index contributed by atoms with van der Waals surface area (Å²) in [6.45, 7) is 2.69. The Morgan fingerprint density at radius 2 is 2.15 bits per heavy atom. The van der Waals surface area contributed by atoms with E-state index in [2.05, 4.69) is 0 Å². The van der Waals surface area contributed by atoms with Gasteiger partial charge in [0.15, 0.2) is 6.29 Å². The SMILES string of the molecule is O=Cc1cc([N+](=O)[O-])ccc1SC(=S)N1CCOCC1. The van der Waals surface area contributed by atoms with Crippen molar-refractivity contribution in [2.75, 3.05) is 26.3 Å². The van der Waals surface area contributed by atoms with E-state index < -0.39 is 4.92 Å². The molecule has 0 aliphatic carbocycles. The molecule has 0 radical (unpaired) electrons.